The minimum absolute atomic E-state index is 0.0252. The van der Waals surface area contributed by atoms with E-state index in [1.165, 1.54) is 385 Å². The number of nitrogens with one attached hydrogen (secondary N) is 1. The maximum Gasteiger partial charge on any atom is 0.305 e. The number of rotatable bonds is 74. The molecule has 0 spiro atoms. The summed E-state index contributed by atoms with van der Waals surface area (Å²) in [5, 5.41) is 23.4. The van der Waals surface area contributed by atoms with Crippen LogP contribution in [0.25, 0.3) is 0 Å². The Morgan fingerprint density at radius 1 is 0.289 bits per heavy atom. The first-order valence-corrected chi connectivity index (χ1v) is 38.8. The second-order valence-corrected chi connectivity index (χ2v) is 27.1. The van der Waals surface area contributed by atoms with Gasteiger partial charge in [0.15, 0.2) is 0 Å². The van der Waals surface area contributed by atoms with Gasteiger partial charge >= 0.3 is 5.97 Å². The van der Waals surface area contributed by atoms with Gasteiger partial charge in [-0.3, -0.25) is 9.59 Å². The van der Waals surface area contributed by atoms with Crippen LogP contribution in [0.5, 0.6) is 0 Å². The van der Waals surface area contributed by atoms with Crippen LogP contribution in [-0.2, 0) is 14.3 Å². The average molecular weight is 1170 g/mol. The van der Waals surface area contributed by atoms with Gasteiger partial charge in [0.25, 0.3) is 0 Å². The molecule has 0 radical (unpaired) electrons. The molecule has 2 atom stereocenters. The topological polar surface area (TPSA) is 95.9 Å². The van der Waals surface area contributed by atoms with Gasteiger partial charge < -0.3 is 20.3 Å². The summed E-state index contributed by atoms with van der Waals surface area (Å²) >= 11 is 0. The number of hydrogen-bond acceptors (Lipinski definition) is 5. The number of aliphatic hydroxyl groups excluding tert-OH is 2. The molecule has 0 fully saturated rings. The summed E-state index contributed by atoms with van der Waals surface area (Å²) in [6, 6.07) is -0.538. The van der Waals surface area contributed by atoms with Crippen molar-refractivity contribution in [3.63, 3.8) is 0 Å². The minimum atomic E-state index is -0.661. The minimum Gasteiger partial charge on any atom is -0.466 e. The molecule has 6 nitrogen and oxygen atoms in total. The quantitative estimate of drug-likeness (QED) is 0.0417. The lowest BCUT2D eigenvalue weighted by molar-refractivity contribution is -0.143. The molecule has 83 heavy (non-hydrogen) atoms. The highest BCUT2D eigenvalue weighted by Crippen LogP contribution is 2.20. The molecule has 0 aromatic rings. The molecule has 0 saturated carbocycles. The number of ether oxygens (including phenoxy) is 1. The Morgan fingerprint density at radius 3 is 0.735 bits per heavy atom. The Hall–Kier alpha value is -1.14. The fourth-order valence-electron chi connectivity index (χ4n) is 12.8. The molecule has 0 bridgehead atoms. The summed E-state index contributed by atoms with van der Waals surface area (Å²) in [7, 11) is 0. The fourth-order valence-corrected chi connectivity index (χ4v) is 12.8. The highest BCUT2D eigenvalue weighted by atomic mass is 16.5. The van der Waals surface area contributed by atoms with Crippen molar-refractivity contribution in [2.24, 2.45) is 0 Å². The van der Waals surface area contributed by atoms with Crippen LogP contribution in [-0.4, -0.2) is 47.4 Å². The van der Waals surface area contributed by atoms with E-state index in [1.807, 2.05) is 0 Å². The summed E-state index contributed by atoms with van der Waals surface area (Å²) in [5.74, 6) is 0.000425. The maximum absolute atomic E-state index is 12.5. The van der Waals surface area contributed by atoms with E-state index >= 15 is 0 Å². The van der Waals surface area contributed by atoms with Crippen molar-refractivity contribution in [1.29, 1.82) is 0 Å². The monoisotopic (exact) mass is 1170 g/mol. The number of carbonyl (C=O) groups is 2. The zero-order valence-electron chi connectivity index (χ0n) is 57.0. The molecular formula is C77H153NO5. The first-order valence-electron chi connectivity index (χ1n) is 38.8. The Bertz CT molecular complexity index is 1210. The number of unbranched alkanes of at least 4 members (excludes halogenated alkanes) is 63. The Labute approximate surface area is 521 Å². The zero-order chi connectivity index (χ0) is 59.9. The molecule has 0 heterocycles. The largest absolute Gasteiger partial charge is 0.466 e. The van der Waals surface area contributed by atoms with Crippen molar-refractivity contribution in [2.75, 3.05) is 13.2 Å². The predicted octanol–water partition coefficient (Wildman–Crippen LogP) is 25.3. The highest BCUT2D eigenvalue weighted by molar-refractivity contribution is 5.76. The Balaban J connectivity index is 3.31. The van der Waals surface area contributed by atoms with E-state index in [1.54, 1.807) is 0 Å². The van der Waals surface area contributed by atoms with Crippen molar-refractivity contribution in [3.8, 4) is 0 Å². The van der Waals surface area contributed by atoms with Gasteiger partial charge in [0.05, 0.1) is 25.4 Å². The molecule has 0 aromatic heterocycles. The van der Waals surface area contributed by atoms with E-state index in [9.17, 15) is 19.8 Å². The average Bonchev–Trinajstić information content (AvgIpc) is 3.49. The van der Waals surface area contributed by atoms with Crippen molar-refractivity contribution in [3.05, 3.63) is 0 Å². The SMILES string of the molecule is CCCCCCCCCCCCCCCCCCCCCC(O)C(CO)NC(=O)CCCCCCCCCCCCCCCCCCCCCCCCCCCCCCCCCOC(=O)CCCCCCCCCCCCCCCCCC. The molecule has 0 aromatic carbocycles. The van der Waals surface area contributed by atoms with Gasteiger partial charge in [-0.1, -0.05) is 418 Å². The molecule has 0 aliphatic carbocycles. The molecule has 1 amide bonds. The standard InChI is InChI=1S/C77H153NO5/c1-3-5-7-9-11-13-15-17-19-21-35-38-41-45-49-53-57-61-65-69-75(80)74(73-79)78-76(81)70-66-62-58-54-50-46-42-39-36-33-31-29-27-25-23-22-24-26-28-30-32-34-37-40-44-48-52-56-60-64-68-72-83-77(82)71-67-63-59-55-51-47-43-20-18-16-14-12-10-8-6-4-2/h74-75,79-80H,3-73H2,1-2H3,(H,78,81). The second kappa shape index (κ2) is 73.3. The zero-order valence-corrected chi connectivity index (χ0v) is 57.0. The third-order valence-corrected chi connectivity index (χ3v) is 18.7. The van der Waals surface area contributed by atoms with Crippen LogP contribution in [0.2, 0.25) is 0 Å². The molecule has 0 aliphatic heterocycles. The van der Waals surface area contributed by atoms with Crippen LogP contribution in [0, 0.1) is 0 Å². The molecule has 6 heteroatoms. The maximum atomic E-state index is 12.5. The lowest BCUT2D eigenvalue weighted by atomic mass is 10.0. The number of hydrogen-bond donors (Lipinski definition) is 3. The summed E-state index contributed by atoms with van der Waals surface area (Å²) in [4.78, 5) is 24.7. The lowest BCUT2D eigenvalue weighted by Crippen LogP contribution is -2.45. The van der Waals surface area contributed by atoms with Gasteiger partial charge in [0, 0.05) is 12.8 Å². The van der Waals surface area contributed by atoms with Crippen LogP contribution < -0.4 is 5.32 Å². The van der Waals surface area contributed by atoms with Crippen LogP contribution in [0.3, 0.4) is 0 Å². The third-order valence-electron chi connectivity index (χ3n) is 18.7. The molecule has 0 saturated heterocycles. The van der Waals surface area contributed by atoms with E-state index in [-0.39, 0.29) is 18.5 Å². The molecule has 496 valence electrons. The van der Waals surface area contributed by atoms with Crippen LogP contribution in [0.15, 0.2) is 0 Å². The summed E-state index contributed by atoms with van der Waals surface area (Å²) < 4.78 is 5.51. The Kier molecular flexibility index (Phi) is 72.3. The van der Waals surface area contributed by atoms with Gasteiger partial charge in [-0.2, -0.15) is 0 Å². The van der Waals surface area contributed by atoms with Crippen LogP contribution in [0.1, 0.15) is 457 Å². The van der Waals surface area contributed by atoms with Gasteiger partial charge in [0.1, 0.15) is 0 Å². The number of esters is 1. The van der Waals surface area contributed by atoms with Crippen molar-refractivity contribution in [1.82, 2.24) is 5.32 Å². The molecule has 0 aliphatic rings. The smallest absolute Gasteiger partial charge is 0.305 e. The highest BCUT2D eigenvalue weighted by Gasteiger charge is 2.20. The summed E-state index contributed by atoms with van der Waals surface area (Å²) in [5.41, 5.74) is 0. The van der Waals surface area contributed by atoms with Gasteiger partial charge in [-0.05, 0) is 25.7 Å². The van der Waals surface area contributed by atoms with Crippen molar-refractivity contribution >= 4 is 11.9 Å². The Morgan fingerprint density at radius 2 is 0.494 bits per heavy atom. The summed E-state index contributed by atoms with van der Waals surface area (Å²) in [6.45, 7) is 5.02. The van der Waals surface area contributed by atoms with E-state index in [0.29, 0.717) is 25.9 Å². The van der Waals surface area contributed by atoms with Gasteiger partial charge in [-0.25, -0.2) is 0 Å². The summed E-state index contributed by atoms with van der Waals surface area (Å²) in [6.07, 6.45) is 90.4. The molecule has 0 rings (SSSR count). The fraction of sp³-hybridized carbons (Fsp3) is 0.974. The number of aliphatic hydroxyl groups is 2. The molecule has 3 N–H and O–H groups in total. The predicted molar refractivity (Wildman–Crippen MR) is 366 cm³/mol. The van der Waals surface area contributed by atoms with Gasteiger partial charge in [-0.15, -0.1) is 0 Å². The van der Waals surface area contributed by atoms with Crippen LogP contribution >= 0.6 is 0 Å². The van der Waals surface area contributed by atoms with E-state index < -0.39 is 12.1 Å². The normalized spacial score (nSPS) is 12.4. The van der Waals surface area contributed by atoms with Crippen molar-refractivity contribution < 1.29 is 24.5 Å². The third kappa shape index (κ3) is 69.8. The van der Waals surface area contributed by atoms with Gasteiger partial charge in [0.2, 0.25) is 5.91 Å². The lowest BCUT2D eigenvalue weighted by Gasteiger charge is -2.22. The van der Waals surface area contributed by atoms with E-state index in [4.69, 9.17) is 4.74 Å². The molecule has 2 unspecified atom stereocenters. The van der Waals surface area contributed by atoms with Crippen molar-refractivity contribution in [2.45, 2.75) is 469 Å². The first kappa shape index (κ1) is 81.9. The number of carbonyl (C=O) groups excluding carboxylic acids is 2. The molecular weight excluding hydrogens is 1020 g/mol. The van der Waals surface area contributed by atoms with E-state index in [0.717, 1.165) is 38.5 Å². The number of amides is 1. The van der Waals surface area contributed by atoms with Crippen LogP contribution in [0.4, 0.5) is 0 Å². The first-order chi connectivity index (χ1) is 41.0. The van der Waals surface area contributed by atoms with E-state index in [2.05, 4.69) is 19.2 Å². The second-order valence-electron chi connectivity index (χ2n) is 27.1.